The SMILES string of the molecule is O=C(CC1(C(=O)O)CCS(=O)(=O)C1)NCCO. The van der Waals surface area contributed by atoms with Crippen LogP contribution < -0.4 is 5.32 Å². The van der Waals surface area contributed by atoms with Crippen molar-refractivity contribution in [1.82, 2.24) is 5.32 Å². The Balaban J connectivity index is 2.75. The van der Waals surface area contributed by atoms with Crippen LogP contribution >= 0.6 is 0 Å². The molecule has 17 heavy (non-hydrogen) atoms. The molecule has 0 aliphatic carbocycles. The van der Waals surface area contributed by atoms with Crippen molar-refractivity contribution < 1.29 is 28.2 Å². The van der Waals surface area contributed by atoms with Crippen molar-refractivity contribution in [2.45, 2.75) is 12.8 Å². The molecule has 0 spiro atoms. The van der Waals surface area contributed by atoms with Crippen LogP contribution in [0.5, 0.6) is 0 Å². The van der Waals surface area contributed by atoms with E-state index in [0.29, 0.717) is 0 Å². The van der Waals surface area contributed by atoms with E-state index in [2.05, 4.69) is 5.32 Å². The molecule has 1 aliphatic rings. The first-order chi connectivity index (χ1) is 7.81. The van der Waals surface area contributed by atoms with Gasteiger partial charge in [-0.3, -0.25) is 9.59 Å². The van der Waals surface area contributed by atoms with Crippen LogP contribution in [0.15, 0.2) is 0 Å². The summed E-state index contributed by atoms with van der Waals surface area (Å²) in [5, 5.41) is 19.9. The molecule has 0 bridgehead atoms. The molecule has 1 unspecified atom stereocenters. The van der Waals surface area contributed by atoms with Crippen LogP contribution in [0, 0.1) is 5.41 Å². The van der Waals surface area contributed by atoms with Crippen molar-refractivity contribution in [3.05, 3.63) is 0 Å². The molecule has 98 valence electrons. The monoisotopic (exact) mass is 265 g/mol. The van der Waals surface area contributed by atoms with E-state index in [1.807, 2.05) is 0 Å². The van der Waals surface area contributed by atoms with Crippen LogP contribution in [0.2, 0.25) is 0 Å². The number of hydrogen-bond donors (Lipinski definition) is 3. The van der Waals surface area contributed by atoms with E-state index in [9.17, 15) is 18.0 Å². The first kappa shape index (κ1) is 13.9. The molecular formula is C9H15NO6S. The van der Waals surface area contributed by atoms with Crippen LogP contribution in [-0.4, -0.2) is 55.2 Å². The number of aliphatic hydroxyl groups excluding tert-OH is 1. The topological polar surface area (TPSA) is 121 Å². The van der Waals surface area contributed by atoms with Gasteiger partial charge in [0.2, 0.25) is 5.91 Å². The van der Waals surface area contributed by atoms with E-state index in [0.717, 1.165) is 0 Å². The quantitative estimate of drug-likeness (QED) is 0.549. The Morgan fingerprint density at radius 1 is 1.35 bits per heavy atom. The standard InChI is InChI=1S/C9H15NO6S/c11-3-2-10-7(12)5-9(8(13)14)1-4-17(15,16)6-9/h11H,1-6H2,(H,10,12)(H,13,14). The second-order valence-corrected chi connectivity index (χ2v) is 6.36. The highest BCUT2D eigenvalue weighted by atomic mass is 32.2. The van der Waals surface area contributed by atoms with Crippen molar-refractivity contribution in [2.75, 3.05) is 24.7 Å². The lowest BCUT2D eigenvalue weighted by Gasteiger charge is -2.21. The average molecular weight is 265 g/mol. The molecule has 1 fully saturated rings. The van der Waals surface area contributed by atoms with Crippen molar-refractivity contribution in [3.63, 3.8) is 0 Å². The lowest BCUT2D eigenvalue weighted by Crippen LogP contribution is -2.39. The Hall–Kier alpha value is -1.15. The van der Waals surface area contributed by atoms with Gasteiger partial charge in [-0.25, -0.2) is 8.42 Å². The zero-order chi connectivity index (χ0) is 13.1. The summed E-state index contributed by atoms with van der Waals surface area (Å²) in [5.41, 5.74) is -1.52. The summed E-state index contributed by atoms with van der Waals surface area (Å²) in [6.45, 7) is -0.217. The van der Waals surface area contributed by atoms with Crippen molar-refractivity contribution in [1.29, 1.82) is 0 Å². The van der Waals surface area contributed by atoms with Crippen molar-refractivity contribution in [2.24, 2.45) is 5.41 Å². The van der Waals surface area contributed by atoms with E-state index >= 15 is 0 Å². The van der Waals surface area contributed by atoms with Crippen LogP contribution in [0.3, 0.4) is 0 Å². The summed E-state index contributed by atoms with van der Waals surface area (Å²) in [4.78, 5) is 22.5. The Bertz CT molecular complexity index is 417. The Kier molecular flexibility index (Phi) is 4.10. The minimum Gasteiger partial charge on any atom is -0.481 e. The average Bonchev–Trinajstić information content (AvgIpc) is 2.52. The maximum absolute atomic E-state index is 11.4. The fourth-order valence-corrected chi connectivity index (χ4v) is 3.92. The van der Waals surface area contributed by atoms with E-state index in [1.54, 1.807) is 0 Å². The Morgan fingerprint density at radius 3 is 2.41 bits per heavy atom. The number of carbonyl (C=O) groups is 2. The third kappa shape index (κ3) is 3.40. The zero-order valence-electron chi connectivity index (χ0n) is 9.18. The number of hydrogen-bond acceptors (Lipinski definition) is 5. The fourth-order valence-electron chi connectivity index (χ4n) is 1.87. The van der Waals surface area contributed by atoms with E-state index in [1.165, 1.54) is 0 Å². The van der Waals surface area contributed by atoms with E-state index in [4.69, 9.17) is 10.2 Å². The number of aliphatic hydroxyl groups is 1. The first-order valence-corrected chi connectivity index (χ1v) is 6.95. The highest BCUT2D eigenvalue weighted by Crippen LogP contribution is 2.35. The van der Waals surface area contributed by atoms with Gasteiger partial charge in [-0.05, 0) is 6.42 Å². The Morgan fingerprint density at radius 2 is 2.00 bits per heavy atom. The van der Waals surface area contributed by atoms with Gasteiger partial charge >= 0.3 is 5.97 Å². The molecule has 0 aromatic heterocycles. The summed E-state index contributed by atoms with van der Waals surface area (Å²) in [5.74, 6) is -2.52. The largest absolute Gasteiger partial charge is 0.481 e. The molecule has 0 radical (unpaired) electrons. The first-order valence-electron chi connectivity index (χ1n) is 5.13. The number of nitrogens with one attached hydrogen (secondary N) is 1. The number of carboxylic acids is 1. The molecule has 1 atom stereocenters. The molecule has 0 saturated carbocycles. The maximum atomic E-state index is 11.4. The third-order valence-electron chi connectivity index (χ3n) is 2.77. The summed E-state index contributed by atoms with van der Waals surface area (Å²) < 4.78 is 22.6. The molecule has 3 N–H and O–H groups in total. The fraction of sp³-hybridized carbons (Fsp3) is 0.778. The lowest BCUT2D eigenvalue weighted by atomic mass is 9.84. The molecule has 1 rings (SSSR count). The van der Waals surface area contributed by atoms with Gasteiger partial charge in [-0.1, -0.05) is 0 Å². The highest BCUT2D eigenvalue weighted by molar-refractivity contribution is 7.91. The molecular weight excluding hydrogens is 250 g/mol. The van der Waals surface area contributed by atoms with Gasteiger partial charge in [0.05, 0.1) is 23.5 Å². The van der Waals surface area contributed by atoms with Crippen molar-refractivity contribution >= 4 is 21.7 Å². The number of sulfone groups is 1. The van der Waals surface area contributed by atoms with E-state index < -0.39 is 32.9 Å². The maximum Gasteiger partial charge on any atom is 0.311 e. The van der Waals surface area contributed by atoms with Gasteiger partial charge in [0.15, 0.2) is 9.84 Å². The van der Waals surface area contributed by atoms with Gasteiger partial charge < -0.3 is 15.5 Å². The molecule has 7 nitrogen and oxygen atoms in total. The minimum atomic E-state index is -3.38. The predicted molar refractivity (Wildman–Crippen MR) is 58.1 cm³/mol. The number of carboxylic acid groups (broad SMARTS) is 1. The minimum absolute atomic E-state index is 0.0290. The normalized spacial score (nSPS) is 26.6. The number of carbonyl (C=O) groups excluding carboxylic acids is 1. The number of amides is 1. The van der Waals surface area contributed by atoms with Crippen LogP contribution in [0.4, 0.5) is 0 Å². The molecule has 1 amide bonds. The second kappa shape index (κ2) is 5.01. The summed E-state index contributed by atoms with van der Waals surface area (Å²) in [6.07, 6.45) is -0.418. The smallest absolute Gasteiger partial charge is 0.311 e. The lowest BCUT2D eigenvalue weighted by molar-refractivity contribution is -0.150. The van der Waals surface area contributed by atoms with Crippen LogP contribution in [-0.2, 0) is 19.4 Å². The van der Waals surface area contributed by atoms with Gasteiger partial charge in [0.25, 0.3) is 0 Å². The molecule has 1 heterocycles. The van der Waals surface area contributed by atoms with E-state index in [-0.39, 0.29) is 31.7 Å². The van der Waals surface area contributed by atoms with Gasteiger partial charge in [0, 0.05) is 13.0 Å². The number of aliphatic carboxylic acids is 1. The predicted octanol–water partition coefficient (Wildman–Crippen LogP) is -1.63. The molecule has 0 aromatic carbocycles. The van der Waals surface area contributed by atoms with Gasteiger partial charge in [-0.15, -0.1) is 0 Å². The van der Waals surface area contributed by atoms with Crippen LogP contribution in [0.1, 0.15) is 12.8 Å². The van der Waals surface area contributed by atoms with Crippen LogP contribution in [0.25, 0.3) is 0 Å². The highest BCUT2D eigenvalue weighted by Gasteiger charge is 2.49. The summed E-state index contributed by atoms with van der Waals surface area (Å²) in [6, 6.07) is 0. The summed E-state index contributed by atoms with van der Waals surface area (Å²) >= 11 is 0. The molecule has 1 saturated heterocycles. The Labute approximate surface area is 98.7 Å². The van der Waals surface area contributed by atoms with Gasteiger partial charge in [-0.2, -0.15) is 0 Å². The zero-order valence-corrected chi connectivity index (χ0v) is 9.99. The van der Waals surface area contributed by atoms with Crippen molar-refractivity contribution in [3.8, 4) is 0 Å². The number of rotatable bonds is 5. The molecule has 1 aliphatic heterocycles. The summed E-state index contributed by atoms with van der Waals surface area (Å²) in [7, 11) is -3.38. The third-order valence-corrected chi connectivity index (χ3v) is 4.59. The molecule has 0 aromatic rings. The molecule has 8 heteroatoms. The van der Waals surface area contributed by atoms with Gasteiger partial charge in [0.1, 0.15) is 0 Å². The second-order valence-electron chi connectivity index (χ2n) is 4.18.